The van der Waals surface area contributed by atoms with Crippen molar-refractivity contribution < 1.29 is 9.59 Å². The lowest BCUT2D eigenvalue weighted by atomic mass is 10.1. The fourth-order valence-electron chi connectivity index (χ4n) is 3.33. The predicted molar refractivity (Wildman–Crippen MR) is 109 cm³/mol. The number of carbonyl (C=O) groups is 2. The molecule has 1 fully saturated rings. The molecule has 4 rings (SSSR count). The summed E-state index contributed by atoms with van der Waals surface area (Å²) in [5.41, 5.74) is 1.87. The summed E-state index contributed by atoms with van der Waals surface area (Å²) in [5.74, 6) is 0.127. The molecule has 0 bridgehead atoms. The van der Waals surface area contributed by atoms with Crippen LogP contribution in [-0.2, 0) is 11.2 Å². The first-order valence-electron chi connectivity index (χ1n) is 9.04. The van der Waals surface area contributed by atoms with E-state index in [9.17, 15) is 9.59 Å². The molecule has 1 aliphatic heterocycles. The van der Waals surface area contributed by atoms with Crippen LogP contribution in [0.15, 0.2) is 60.0 Å². The predicted octanol–water partition coefficient (Wildman–Crippen LogP) is 3.82. The monoisotopic (exact) mass is 379 g/mol. The van der Waals surface area contributed by atoms with Crippen molar-refractivity contribution in [1.82, 2.24) is 9.80 Å². The number of urea groups is 1. The van der Waals surface area contributed by atoms with Crippen molar-refractivity contribution in [1.29, 1.82) is 0 Å². The van der Waals surface area contributed by atoms with Gasteiger partial charge in [-0.1, -0.05) is 36.4 Å². The van der Waals surface area contributed by atoms with E-state index in [0.717, 1.165) is 16.6 Å². The molecule has 5 nitrogen and oxygen atoms in total. The zero-order valence-electron chi connectivity index (χ0n) is 14.9. The highest BCUT2D eigenvalue weighted by Crippen LogP contribution is 2.26. The molecular formula is C21H21N3O2S. The third-order valence-electron chi connectivity index (χ3n) is 4.85. The van der Waals surface area contributed by atoms with Crippen LogP contribution >= 0.6 is 11.3 Å². The van der Waals surface area contributed by atoms with Gasteiger partial charge in [0.1, 0.15) is 0 Å². The molecule has 27 heavy (non-hydrogen) atoms. The molecule has 0 saturated carbocycles. The maximum Gasteiger partial charge on any atom is 0.321 e. The molecule has 2 aromatic carbocycles. The van der Waals surface area contributed by atoms with Gasteiger partial charge in [-0.3, -0.25) is 4.79 Å². The lowest BCUT2D eigenvalue weighted by Crippen LogP contribution is -2.52. The number of para-hydroxylation sites is 1. The van der Waals surface area contributed by atoms with Gasteiger partial charge in [0.05, 0.1) is 6.42 Å². The zero-order chi connectivity index (χ0) is 18.6. The van der Waals surface area contributed by atoms with Crippen LogP contribution in [0.4, 0.5) is 10.5 Å². The van der Waals surface area contributed by atoms with E-state index in [0.29, 0.717) is 32.6 Å². The highest BCUT2D eigenvalue weighted by molar-refractivity contribution is 7.17. The minimum atomic E-state index is -0.114. The molecule has 1 N–H and O–H groups in total. The molecule has 0 radical (unpaired) electrons. The average molecular weight is 379 g/mol. The van der Waals surface area contributed by atoms with Crippen LogP contribution in [0.5, 0.6) is 0 Å². The van der Waals surface area contributed by atoms with Gasteiger partial charge in [0.25, 0.3) is 0 Å². The topological polar surface area (TPSA) is 52.7 Å². The molecule has 138 valence electrons. The van der Waals surface area contributed by atoms with Crippen LogP contribution in [0.25, 0.3) is 10.1 Å². The SMILES string of the molecule is O=C(Cc1csc2ccccc12)N1CCN(C(=O)Nc2ccccc2)CC1. The standard InChI is InChI=1S/C21H21N3O2S/c25-20(14-16-15-27-19-9-5-4-8-18(16)19)23-10-12-24(13-11-23)21(26)22-17-6-2-1-3-7-17/h1-9,15H,10-14H2,(H,22,26). The minimum absolute atomic E-state index is 0.114. The van der Waals surface area contributed by atoms with E-state index in [1.807, 2.05) is 47.4 Å². The van der Waals surface area contributed by atoms with E-state index in [2.05, 4.69) is 22.8 Å². The second-order valence-corrected chi connectivity index (χ2v) is 7.51. The molecular weight excluding hydrogens is 358 g/mol. The maximum atomic E-state index is 12.7. The number of benzene rings is 2. The van der Waals surface area contributed by atoms with Crippen LogP contribution < -0.4 is 5.32 Å². The highest BCUT2D eigenvalue weighted by atomic mass is 32.1. The summed E-state index contributed by atoms with van der Waals surface area (Å²) in [7, 11) is 0. The molecule has 3 amide bonds. The summed E-state index contributed by atoms with van der Waals surface area (Å²) in [4.78, 5) is 28.7. The fraction of sp³-hybridized carbons (Fsp3) is 0.238. The van der Waals surface area contributed by atoms with E-state index in [-0.39, 0.29) is 11.9 Å². The number of piperazine rings is 1. The Morgan fingerprint density at radius 1 is 0.889 bits per heavy atom. The van der Waals surface area contributed by atoms with Gasteiger partial charge in [-0.2, -0.15) is 0 Å². The molecule has 3 aromatic rings. The number of amides is 3. The Bertz CT molecular complexity index is 946. The third kappa shape index (κ3) is 3.95. The number of nitrogens with zero attached hydrogens (tertiary/aromatic N) is 2. The Morgan fingerprint density at radius 2 is 1.56 bits per heavy atom. The van der Waals surface area contributed by atoms with Crippen LogP contribution in [0.1, 0.15) is 5.56 Å². The van der Waals surface area contributed by atoms with Crippen LogP contribution in [-0.4, -0.2) is 47.9 Å². The zero-order valence-corrected chi connectivity index (χ0v) is 15.7. The first kappa shape index (κ1) is 17.5. The molecule has 6 heteroatoms. The van der Waals surface area contributed by atoms with Crippen molar-refractivity contribution in [3.63, 3.8) is 0 Å². The van der Waals surface area contributed by atoms with Gasteiger partial charge in [0.2, 0.25) is 5.91 Å². The number of hydrogen-bond donors (Lipinski definition) is 1. The Hall–Kier alpha value is -2.86. The van der Waals surface area contributed by atoms with Gasteiger partial charge in [0.15, 0.2) is 0 Å². The van der Waals surface area contributed by atoms with E-state index in [4.69, 9.17) is 0 Å². The lowest BCUT2D eigenvalue weighted by Gasteiger charge is -2.34. The number of carbonyl (C=O) groups excluding carboxylic acids is 2. The van der Waals surface area contributed by atoms with Crippen molar-refractivity contribution >= 4 is 39.0 Å². The van der Waals surface area contributed by atoms with Gasteiger partial charge in [-0.15, -0.1) is 11.3 Å². The molecule has 2 heterocycles. The number of thiophene rings is 1. The number of rotatable bonds is 3. The molecule has 0 atom stereocenters. The summed E-state index contributed by atoms with van der Waals surface area (Å²) in [6.07, 6.45) is 0.417. The molecule has 1 saturated heterocycles. The van der Waals surface area contributed by atoms with Crippen LogP contribution in [0, 0.1) is 0 Å². The Balaban J connectivity index is 1.32. The summed E-state index contributed by atoms with van der Waals surface area (Å²) in [6, 6.07) is 17.5. The number of fused-ring (bicyclic) bond motifs is 1. The second kappa shape index (κ2) is 7.80. The van der Waals surface area contributed by atoms with E-state index < -0.39 is 0 Å². The quantitative estimate of drug-likeness (QED) is 0.752. The first-order chi connectivity index (χ1) is 13.2. The van der Waals surface area contributed by atoms with Gasteiger partial charge < -0.3 is 15.1 Å². The Kier molecular flexibility index (Phi) is 5.07. The van der Waals surface area contributed by atoms with Crippen molar-refractivity contribution in [3.05, 3.63) is 65.5 Å². The largest absolute Gasteiger partial charge is 0.339 e. The maximum absolute atomic E-state index is 12.7. The summed E-state index contributed by atoms with van der Waals surface area (Å²) in [6.45, 7) is 2.25. The van der Waals surface area contributed by atoms with E-state index in [1.54, 1.807) is 16.2 Å². The number of hydrogen-bond acceptors (Lipinski definition) is 3. The molecule has 0 spiro atoms. The molecule has 1 aliphatic rings. The molecule has 0 aliphatic carbocycles. The van der Waals surface area contributed by atoms with Gasteiger partial charge >= 0.3 is 6.03 Å². The number of anilines is 1. The van der Waals surface area contributed by atoms with Gasteiger partial charge in [-0.05, 0) is 34.5 Å². The van der Waals surface area contributed by atoms with Gasteiger partial charge in [0, 0.05) is 36.6 Å². The third-order valence-corrected chi connectivity index (χ3v) is 5.86. The summed E-state index contributed by atoms with van der Waals surface area (Å²) in [5, 5.41) is 6.14. The molecule has 1 aromatic heterocycles. The Morgan fingerprint density at radius 3 is 2.33 bits per heavy atom. The lowest BCUT2D eigenvalue weighted by molar-refractivity contribution is -0.131. The second-order valence-electron chi connectivity index (χ2n) is 6.60. The highest BCUT2D eigenvalue weighted by Gasteiger charge is 2.24. The van der Waals surface area contributed by atoms with Crippen molar-refractivity contribution in [3.8, 4) is 0 Å². The summed E-state index contributed by atoms with van der Waals surface area (Å²) < 4.78 is 1.21. The van der Waals surface area contributed by atoms with Crippen molar-refractivity contribution in [2.75, 3.05) is 31.5 Å². The van der Waals surface area contributed by atoms with Crippen molar-refractivity contribution in [2.45, 2.75) is 6.42 Å². The minimum Gasteiger partial charge on any atom is -0.339 e. The van der Waals surface area contributed by atoms with Crippen molar-refractivity contribution in [2.24, 2.45) is 0 Å². The smallest absolute Gasteiger partial charge is 0.321 e. The fourth-order valence-corrected chi connectivity index (χ4v) is 4.29. The van der Waals surface area contributed by atoms with E-state index >= 15 is 0 Å². The molecule has 0 unspecified atom stereocenters. The van der Waals surface area contributed by atoms with Gasteiger partial charge in [-0.25, -0.2) is 4.79 Å². The Labute approximate surface area is 162 Å². The number of nitrogens with one attached hydrogen (secondary N) is 1. The van der Waals surface area contributed by atoms with Crippen LogP contribution in [0.2, 0.25) is 0 Å². The normalized spacial score (nSPS) is 14.4. The summed E-state index contributed by atoms with van der Waals surface area (Å²) >= 11 is 1.68. The average Bonchev–Trinajstić information content (AvgIpc) is 3.12. The van der Waals surface area contributed by atoms with Crippen LogP contribution in [0.3, 0.4) is 0 Å². The first-order valence-corrected chi connectivity index (χ1v) is 9.92. The van der Waals surface area contributed by atoms with E-state index in [1.165, 1.54) is 4.70 Å².